The van der Waals surface area contributed by atoms with Crippen LogP contribution in [0.2, 0.25) is 0 Å². The molecule has 0 aromatic heterocycles. The van der Waals surface area contributed by atoms with Crippen LogP contribution in [-0.4, -0.2) is 35.7 Å². The minimum atomic E-state index is -1.09. The number of hydrogen-bond donors (Lipinski definition) is 1. The third-order valence-corrected chi connectivity index (χ3v) is 7.57. The number of rotatable bonds is 9. The van der Waals surface area contributed by atoms with Crippen molar-refractivity contribution in [3.05, 3.63) is 47.1 Å². The highest BCUT2D eigenvalue weighted by molar-refractivity contribution is 5.86. The van der Waals surface area contributed by atoms with Gasteiger partial charge in [0.2, 0.25) is 0 Å². The average molecular weight is 459 g/mol. The van der Waals surface area contributed by atoms with E-state index in [1.165, 1.54) is 43.4 Å². The molecule has 6 heteroatoms. The molecule has 33 heavy (non-hydrogen) atoms. The van der Waals surface area contributed by atoms with Gasteiger partial charge in [0.15, 0.2) is 6.29 Å². The largest absolute Gasteiger partial charge is 0.421 e. The molecule has 3 rings (SSSR count). The van der Waals surface area contributed by atoms with Gasteiger partial charge in [-0.1, -0.05) is 43.2 Å². The van der Waals surface area contributed by atoms with Crippen LogP contribution in [0.25, 0.3) is 0 Å². The van der Waals surface area contributed by atoms with Crippen LogP contribution in [0, 0.1) is 11.3 Å². The van der Waals surface area contributed by atoms with Gasteiger partial charge in [-0.3, -0.25) is 4.79 Å². The Hall–Kier alpha value is -2.18. The number of cyclic esters (lactones) is 1. The van der Waals surface area contributed by atoms with Crippen molar-refractivity contribution in [3.63, 3.8) is 0 Å². The monoisotopic (exact) mass is 458 g/mol. The van der Waals surface area contributed by atoms with E-state index in [0.29, 0.717) is 24.3 Å². The predicted molar refractivity (Wildman–Crippen MR) is 126 cm³/mol. The SMILES string of the molecule is C=C(C)[C@@]1(CC/C(C)=C\CCC2=CC[C@@H](C3=CC(=O)O[C@H]3OC(C)=O)O[C@H]2O)CCC[C@@H]1C. The first-order valence-corrected chi connectivity index (χ1v) is 12.1. The molecule has 2 aliphatic heterocycles. The van der Waals surface area contributed by atoms with E-state index in [-0.39, 0.29) is 5.41 Å². The van der Waals surface area contributed by atoms with Crippen molar-refractivity contribution < 1.29 is 28.9 Å². The number of ether oxygens (including phenoxy) is 3. The standard InChI is InChI=1S/C27H38O6/c1-17(2)27(14-7-9-19(27)4)15-13-18(3)8-6-10-21-11-12-23(32-25(21)30)22-16-24(29)33-26(22)31-20(5)28/h8,11,16,19,23,25-26,30H,1,6-7,9-10,12-15H2,2-5H3/b18-8-/t19-,23-,25+,26+,27-/m0/s1. The molecular weight excluding hydrogens is 420 g/mol. The van der Waals surface area contributed by atoms with Crippen molar-refractivity contribution >= 4 is 11.9 Å². The van der Waals surface area contributed by atoms with E-state index in [9.17, 15) is 14.7 Å². The molecule has 1 N–H and O–H groups in total. The average Bonchev–Trinajstić information content (AvgIpc) is 3.29. The molecule has 1 saturated carbocycles. The van der Waals surface area contributed by atoms with Gasteiger partial charge in [0.25, 0.3) is 6.29 Å². The van der Waals surface area contributed by atoms with E-state index < -0.39 is 30.6 Å². The number of aliphatic hydroxyl groups is 1. The van der Waals surface area contributed by atoms with Gasteiger partial charge in [-0.15, -0.1) is 0 Å². The second kappa shape index (κ2) is 10.8. The molecule has 0 unspecified atom stereocenters. The second-order valence-electron chi connectivity index (χ2n) is 9.83. The Morgan fingerprint density at radius 2 is 2.12 bits per heavy atom. The van der Waals surface area contributed by atoms with E-state index in [0.717, 1.165) is 24.8 Å². The van der Waals surface area contributed by atoms with Gasteiger partial charge in [-0.25, -0.2) is 4.79 Å². The summed E-state index contributed by atoms with van der Waals surface area (Å²) in [5.41, 5.74) is 4.23. The summed E-state index contributed by atoms with van der Waals surface area (Å²) < 4.78 is 15.8. The third-order valence-electron chi connectivity index (χ3n) is 7.57. The first kappa shape index (κ1) is 25.4. The van der Waals surface area contributed by atoms with Crippen LogP contribution in [0.1, 0.15) is 79.1 Å². The lowest BCUT2D eigenvalue weighted by atomic mass is 9.70. The Morgan fingerprint density at radius 3 is 2.73 bits per heavy atom. The molecule has 3 aliphatic rings. The molecule has 0 spiro atoms. The highest BCUT2D eigenvalue weighted by Crippen LogP contribution is 2.51. The van der Waals surface area contributed by atoms with Crippen molar-refractivity contribution in [1.82, 2.24) is 0 Å². The summed E-state index contributed by atoms with van der Waals surface area (Å²) in [5, 5.41) is 10.5. The van der Waals surface area contributed by atoms with E-state index in [1.54, 1.807) is 0 Å². The van der Waals surface area contributed by atoms with Crippen molar-refractivity contribution in [3.8, 4) is 0 Å². The lowest BCUT2D eigenvalue weighted by Crippen LogP contribution is -2.33. The zero-order valence-corrected chi connectivity index (χ0v) is 20.4. The number of hydrogen-bond acceptors (Lipinski definition) is 6. The Bertz CT molecular complexity index is 866. The summed E-state index contributed by atoms with van der Waals surface area (Å²) in [6.07, 6.45) is 10.9. The number of allylic oxidation sites excluding steroid dienone is 3. The third kappa shape index (κ3) is 6.04. The Kier molecular flexibility index (Phi) is 8.35. The van der Waals surface area contributed by atoms with Gasteiger partial charge in [0.1, 0.15) is 0 Å². The second-order valence-corrected chi connectivity index (χ2v) is 9.83. The molecule has 0 radical (unpaired) electrons. The van der Waals surface area contributed by atoms with Crippen molar-refractivity contribution in [1.29, 1.82) is 0 Å². The molecule has 1 aliphatic carbocycles. The summed E-state index contributed by atoms with van der Waals surface area (Å²) in [6, 6.07) is 0. The fourth-order valence-electron chi connectivity index (χ4n) is 5.47. The van der Waals surface area contributed by atoms with Crippen molar-refractivity contribution in [2.24, 2.45) is 11.3 Å². The summed E-state index contributed by atoms with van der Waals surface area (Å²) in [6.45, 7) is 12.3. The van der Waals surface area contributed by atoms with Gasteiger partial charge in [-0.2, -0.15) is 0 Å². The van der Waals surface area contributed by atoms with Gasteiger partial charge < -0.3 is 19.3 Å². The summed E-state index contributed by atoms with van der Waals surface area (Å²) >= 11 is 0. The zero-order valence-electron chi connectivity index (χ0n) is 20.4. The highest BCUT2D eigenvalue weighted by Gasteiger charge is 2.40. The molecule has 2 heterocycles. The number of carbonyl (C=O) groups is 2. The number of carbonyl (C=O) groups excluding carboxylic acids is 2. The molecule has 0 saturated heterocycles. The highest BCUT2D eigenvalue weighted by atomic mass is 16.7. The fraction of sp³-hybridized carbons (Fsp3) is 0.630. The molecule has 0 aromatic rings. The first-order valence-electron chi connectivity index (χ1n) is 12.1. The topological polar surface area (TPSA) is 82.1 Å². The minimum absolute atomic E-state index is 0.282. The summed E-state index contributed by atoms with van der Waals surface area (Å²) in [4.78, 5) is 22.9. The fourth-order valence-corrected chi connectivity index (χ4v) is 5.47. The van der Waals surface area contributed by atoms with Crippen LogP contribution in [-0.2, 0) is 23.8 Å². The van der Waals surface area contributed by atoms with Gasteiger partial charge in [-0.05, 0) is 75.7 Å². The smallest absolute Gasteiger partial charge is 0.334 e. The predicted octanol–water partition coefficient (Wildman–Crippen LogP) is 5.28. The van der Waals surface area contributed by atoms with E-state index >= 15 is 0 Å². The lowest BCUT2D eigenvalue weighted by molar-refractivity contribution is -0.176. The maximum Gasteiger partial charge on any atom is 0.334 e. The molecule has 0 bridgehead atoms. The van der Waals surface area contributed by atoms with Gasteiger partial charge in [0, 0.05) is 18.6 Å². The maximum absolute atomic E-state index is 11.6. The first-order chi connectivity index (χ1) is 15.6. The quantitative estimate of drug-likeness (QED) is 0.374. The molecular formula is C27H38O6. The summed E-state index contributed by atoms with van der Waals surface area (Å²) in [5.74, 6) is -0.427. The van der Waals surface area contributed by atoms with Crippen LogP contribution in [0.4, 0.5) is 0 Å². The molecule has 5 atom stereocenters. The van der Waals surface area contributed by atoms with Gasteiger partial charge >= 0.3 is 11.9 Å². The van der Waals surface area contributed by atoms with Crippen molar-refractivity contribution in [2.75, 3.05) is 0 Å². The van der Waals surface area contributed by atoms with Crippen LogP contribution in [0.5, 0.6) is 0 Å². The number of aliphatic hydroxyl groups excluding tert-OH is 1. The normalized spacial score (nSPS) is 32.3. The molecule has 1 fully saturated rings. The van der Waals surface area contributed by atoms with Crippen LogP contribution < -0.4 is 0 Å². The van der Waals surface area contributed by atoms with Crippen molar-refractivity contribution in [2.45, 2.75) is 97.7 Å². The molecule has 0 aromatic carbocycles. The number of esters is 2. The Labute approximate surface area is 197 Å². The Balaban J connectivity index is 1.51. The van der Waals surface area contributed by atoms with Crippen LogP contribution >= 0.6 is 0 Å². The Morgan fingerprint density at radius 1 is 1.36 bits per heavy atom. The maximum atomic E-state index is 11.6. The minimum Gasteiger partial charge on any atom is -0.421 e. The molecule has 0 amide bonds. The van der Waals surface area contributed by atoms with Gasteiger partial charge in [0.05, 0.1) is 6.10 Å². The van der Waals surface area contributed by atoms with Crippen LogP contribution in [0.15, 0.2) is 47.1 Å². The van der Waals surface area contributed by atoms with Crippen LogP contribution in [0.3, 0.4) is 0 Å². The van der Waals surface area contributed by atoms with E-state index in [1.807, 2.05) is 6.08 Å². The lowest BCUT2D eigenvalue weighted by Gasteiger charge is -2.35. The van der Waals surface area contributed by atoms with E-state index in [4.69, 9.17) is 14.2 Å². The molecule has 182 valence electrons. The van der Waals surface area contributed by atoms with E-state index in [2.05, 4.69) is 33.4 Å². The zero-order chi connectivity index (χ0) is 24.2. The molecule has 6 nitrogen and oxygen atoms in total. The summed E-state index contributed by atoms with van der Waals surface area (Å²) in [7, 11) is 0.